The van der Waals surface area contributed by atoms with Crippen molar-refractivity contribution in [3.63, 3.8) is 0 Å². The number of nitrogens with zero attached hydrogens (tertiary/aromatic N) is 2. The highest BCUT2D eigenvalue weighted by Gasteiger charge is 2.36. The number of hydrogen-bond acceptors (Lipinski definition) is 8. The fourth-order valence-electron chi connectivity index (χ4n) is 5.35. The minimum atomic E-state index is -0.650. The predicted octanol–water partition coefficient (Wildman–Crippen LogP) is 3.73. The van der Waals surface area contributed by atoms with Gasteiger partial charge in [0.05, 0.1) is 5.92 Å². The van der Waals surface area contributed by atoms with E-state index >= 15 is 0 Å². The average Bonchev–Trinajstić information content (AvgIpc) is 3.27. The second-order valence-electron chi connectivity index (χ2n) is 9.92. The van der Waals surface area contributed by atoms with Gasteiger partial charge in [-0.25, -0.2) is 4.79 Å². The summed E-state index contributed by atoms with van der Waals surface area (Å²) in [5.74, 6) is -2.15. The van der Waals surface area contributed by atoms with Gasteiger partial charge in [0.25, 0.3) is 17.7 Å². The number of amides is 3. The van der Waals surface area contributed by atoms with Crippen LogP contribution < -0.4 is 5.43 Å². The molecule has 0 aromatic heterocycles. The molecular formula is C30H24N2O8. The fraction of sp³-hybridized carbons (Fsp3) is 0.233. The summed E-state index contributed by atoms with van der Waals surface area (Å²) in [6.07, 6.45) is 0.699. The van der Waals surface area contributed by atoms with Crippen LogP contribution in [-0.2, 0) is 19.2 Å². The zero-order valence-corrected chi connectivity index (χ0v) is 21.3. The molecular weight excluding hydrogens is 516 g/mol. The number of imide groups is 1. The first-order valence-corrected chi connectivity index (χ1v) is 13.0. The smallest absolute Gasteiger partial charge is 0.336 e. The van der Waals surface area contributed by atoms with Gasteiger partial charge in [0.2, 0.25) is 0 Å². The molecule has 3 heterocycles. The number of phenols is 1. The van der Waals surface area contributed by atoms with Crippen molar-refractivity contribution in [2.75, 3.05) is 13.1 Å². The highest BCUT2D eigenvalue weighted by atomic mass is 16.7. The Morgan fingerprint density at radius 1 is 0.875 bits per heavy atom. The number of phenolic OH excluding ortho intramolecular Hbond substituents is 1. The molecule has 1 aliphatic carbocycles. The van der Waals surface area contributed by atoms with Gasteiger partial charge in [-0.1, -0.05) is 18.2 Å². The molecule has 2 fully saturated rings. The van der Waals surface area contributed by atoms with Gasteiger partial charge in [-0.3, -0.25) is 19.2 Å². The Labute approximate surface area is 227 Å². The van der Waals surface area contributed by atoms with Gasteiger partial charge in [0, 0.05) is 60.1 Å². The molecule has 1 N–H and O–H groups in total. The van der Waals surface area contributed by atoms with Crippen molar-refractivity contribution in [1.82, 2.24) is 9.96 Å². The first-order valence-electron chi connectivity index (χ1n) is 13.0. The topological polar surface area (TPSA) is 134 Å². The Morgan fingerprint density at radius 3 is 2.35 bits per heavy atom. The van der Waals surface area contributed by atoms with Crippen LogP contribution in [0.2, 0.25) is 0 Å². The van der Waals surface area contributed by atoms with E-state index in [9.17, 15) is 29.1 Å². The van der Waals surface area contributed by atoms with Crippen LogP contribution in [0.1, 0.15) is 36.0 Å². The number of hydrogen-bond donors (Lipinski definition) is 1. The standard InChI is InChI=1S/C30H24N2O8/c33-18-5-7-22-24(15-18)39-25-16-19(34)6-8-23(25)28(22)20-3-1-2-4-21(20)29(37)31-13-11-17(12-14-31)30(38)40-32-26(35)9-10-27(32)36/h1-8,15-17,33H,9-14H2. The Kier molecular flexibility index (Phi) is 6.30. The van der Waals surface area contributed by atoms with Gasteiger partial charge in [-0.05, 0) is 48.7 Å². The third kappa shape index (κ3) is 4.47. The maximum Gasteiger partial charge on any atom is 0.336 e. The first-order chi connectivity index (χ1) is 19.3. The van der Waals surface area contributed by atoms with Crippen molar-refractivity contribution in [3.8, 4) is 28.2 Å². The summed E-state index contributed by atoms with van der Waals surface area (Å²) in [5.41, 5.74) is 2.54. The summed E-state index contributed by atoms with van der Waals surface area (Å²) < 4.78 is 5.94. The second kappa shape index (κ2) is 9.96. The third-order valence-electron chi connectivity index (χ3n) is 7.41. The lowest BCUT2D eigenvalue weighted by molar-refractivity contribution is -0.201. The number of carbonyl (C=O) groups is 4. The number of carbonyl (C=O) groups excluding carboxylic acids is 4. The first kappa shape index (κ1) is 25.3. The van der Waals surface area contributed by atoms with Crippen LogP contribution in [0.5, 0.6) is 5.75 Å². The minimum absolute atomic E-state index is 0.00375. The molecule has 3 aliphatic heterocycles. The van der Waals surface area contributed by atoms with Crippen molar-refractivity contribution in [2.24, 2.45) is 5.92 Å². The monoisotopic (exact) mass is 540 g/mol. The molecule has 2 aromatic rings. The normalized spacial score (nSPS) is 16.2. The van der Waals surface area contributed by atoms with Gasteiger partial charge in [-0.2, -0.15) is 0 Å². The lowest BCUT2D eigenvalue weighted by Crippen LogP contribution is -2.42. The molecule has 10 heteroatoms. The largest absolute Gasteiger partial charge is 0.508 e. The second-order valence-corrected chi connectivity index (χ2v) is 9.92. The van der Waals surface area contributed by atoms with E-state index in [4.69, 9.17) is 9.25 Å². The summed E-state index contributed by atoms with van der Waals surface area (Å²) in [6.45, 7) is 0.571. The molecule has 2 aromatic carbocycles. The zero-order chi connectivity index (χ0) is 28.0. The van der Waals surface area contributed by atoms with Gasteiger partial charge in [0.1, 0.15) is 17.1 Å². The van der Waals surface area contributed by atoms with E-state index in [-0.39, 0.29) is 43.0 Å². The van der Waals surface area contributed by atoms with Crippen LogP contribution in [0.15, 0.2) is 69.9 Å². The highest BCUT2D eigenvalue weighted by molar-refractivity contribution is 6.09. The number of benzene rings is 3. The summed E-state index contributed by atoms with van der Waals surface area (Å²) in [4.78, 5) is 68.8. The molecule has 0 spiro atoms. The number of rotatable bonds is 4. The summed E-state index contributed by atoms with van der Waals surface area (Å²) in [6, 6.07) is 16.3. The number of aromatic hydroxyl groups is 1. The van der Waals surface area contributed by atoms with E-state index in [0.717, 1.165) is 0 Å². The van der Waals surface area contributed by atoms with Gasteiger partial charge >= 0.3 is 5.97 Å². The average molecular weight is 541 g/mol. The Hall–Kier alpha value is -4.99. The zero-order valence-electron chi connectivity index (χ0n) is 21.3. The molecule has 202 valence electrons. The van der Waals surface area contributed by atoms with Crippen molar-refractivity contribution >= 4 is 34.7 Å². The summed E-state index contributed by atoms with van der Waals surface area (Å²) in [5, 5.41) is 11.3. The van der Waals surface area contributed by atoms with E-state index in [1.54, 1.807) is 29.2 Å². The Bertz CT molecular complexity index is 1700. The molecule has 4 aliphatic rings. The van der Waals surface area contributed by atoms with E-state index in [0.29, 0.717) is 56.9 Å². The maximum atomic E-state index is 13.8. The lowest BCUT2D eigenvalue weighted by Gasteiger charge is -2.32. The number of hydroxylamine groups is 2. The van der Waals surface area contributed by atoms with Crippen molar-refractivity contribution in [1.29, 1.82) is 0 Å². The number of likely N-dealkylation sites (tertiary alicyclic amines) is 1. The van der Waals surface area contributed by atoms with Crippen molar-refractivity contribution in [2.45, 2.75) is 25.7 Å². The number of piperidine rings is 1. The molecule has 2 saturated heterocycles. The van der Waals surface area contributed by atoms with E-state index in [1.807, 2.05) is 12.1 Å². The van der Waals surface area contributed by atoms with Crippen molar-refractivity contribution < 1.29 is 33.5 Å². The molecule has 6 rings (SSSR count). The van der Waals surface area contributed by atoms with E-state index in [2.05, 4.69) is 0 Å². The summed E-state index contributed by atoms with van der Waals surface area (Å²) >= 11 is 0. The lowest BCUT2D eigenvalue weighted by atomic mass is 9.90. The summed E-state index contributed by atoms with van der Waals surface area (Å²) in [7, 11) is 0. The van der Waals surface area contributed by atoms with Crippen LogP contribution in [0, 0.1) is 5.92 Å². The van der Waals surface area contributed by atoms with E-state index < -0.39 is 23.7 Å². The SMILES string of the molecule is O=C(ON1C(=O)CCC1=O)C1CCN(C(=O)c2ccccc2-c2c3ccc(=O)cc-3oc3cc(O)ccc23)CC1. The molecule has 0 atom stereocenters. The quantitative estimate of drug-likeness (QED) is 0.306. The van der Waals surface area contributed by atoms with Gasteiger partial charge in [-0.15, -0.1) is 5.06 Å². The Morgan fingerprint density at radius 2 is 1.60 bits per heavy atom. The van der Waals surface area contributed by atoms with Crippen LogP contribution >= 0.6 is 0 Å². The van der Waals surface area contributed by atoms with Crippen LogP contribution in [0.25, 0.3) is 33.4 Å². The molecule has 40 heavy (non-hydrogen) atoms. The van der Waals surface area contributed by atoms with Crippen LogP contribution in [0.4, 0.5) is 0 Å². The molecule has 0 bridgehead atoms. The third-order valence-corrected chi connectivity index (χ3v) is 7.41. The van der Waals surface area contributed by atoms with Gasteiger partial charge < -0.3 is 19.3 Å². The molecule has 0 radical (unpaired) electrons. The van der Waals surface area contributed by atoms with Gasteiger partial charge in [0.15, 0.2) is 5.43 Å². The van der Waals surface area contributed by atoms with Crippen LogP contribution in [0.3, 0.4) is 0 Å². The highest BCUT2D eigenvalue weighted by Crippen LogP contribution is 2.42. The molecule has 3 amide bonds. The molecule has 0 unspecified atom stereocenters. The number of fused-ring (bicyclic) bond motifs is 2. The molecule has 10 nitrogen and oxygen atoms in total. The van der Waals surface area contributed by atoms with Crippen molar-refractivity contribution in [3.05, 3.63) is 76.5 Å². The van der Waals surface area contributed by atoms with Crippen LogP contribution in [-0.4, -0.2) is 51.9 Å². The molecule has 0 saturated carbocycles. The minimum Gasteiger partial charge on any atom is -0.508 e. The van der Waals surface area contributed by atoms with E-state index in [1.165, 1.54) is 24.3 Å². The Balaban J connectivity index is 1.29. The maximum absolute atomic E-state index is 13.8. The fourth-order valence-corrected chi connectivity index (χ4v) is 5.35. The predicted molar refractivity (Wildman–Crippen MR) is 142 cm³/mol.